The van der Waals surface area contributed by atoms with Gasteiger partial charge in [-0.3, -0.25) is 0 Å². The van der Waals surface area contributed by atoms with Crippen molar-refractivity contribution in [2.75, 3.05) is 6.61 Å². The highest BCUT2D eigenvalue weighted by Crippen LogP contribution is 2.38. The Balaban J connectivity index is 2.86. The summed E-state index contributed by atoms with van der Waals surface area (Å²) < 4.78 is 11.5. The quantitative estimate of drug-likeness (QED) is 0.490. The van der Waals surface area contributed by atoms with E-state index in [1.54, 1.807) is 0 Å². The lowest BCUT2D eigenvalue weighted by Gasteiger charge is -2.30. The summed E-state index contributed by atoms with van der Waals surface area (Å²) in [6.07, 6.45) is 3.13. The lowest BCUT2D eigenvalue weighted by Crippen LogP contribution is -2.19. The van der Waals surface area contributed by atoms with Gasteiger partial charge in [0.1, 0.15) is 5.75 Å². The Bertz CT molecular complexity index is 430. The van der Waals surface area contributed by atoms with Crippen LogP contribution in [-0.2, 0) is 4.74 Å². The molecule has 0 aliphatic heterocycles. The van der Waals surface area contributed by atoms with Gasteiger partial charge in [-0.2, -0.15) is 0 Å². The third-order valence-electron chi connectivity index (χ3n) is 4.42. The number of hydrogen-bond acceptors (Lipinski definition) is 2. The summed E-state index contributed by atoms with van der Waals surface area (Å²) in [6.45, 7) is 16.4. The largest absolute Gasteiger partial charge is 0.465 e. The highest BCUT2D eigenvalue weighted by Gasteiger charge is 2.24. The Morgan fingerprint density at radius 2 is 1.57 bits per heavy atom. The molecule has 132 valence electrons. The van der Waals surface area contributed by atoms with Crippen LogP contribution in [-0.4, -0.2) is 12.9 Å². The van der Waals surface area contributed by atoms with Crippen LogP contribution in [0.3, 0.4) is 0 Å². The summed E-state index contributed by atoms with van der Waals surface area (Å²) in [5.74, 6) is 2.18. The molecule has 0 aliphatic carbocycles. The maximum Gasteiger partial charge on any atom is 0.199 e. The highest BCUT2D eigenvalue weighted by atomic mass is 16.7. The van der Waals surface area contributed by atoms with E-state index >= 15 is 0 Å². The first kappa shape index (κ1) is 20.0. The highest BCUT2D eigenvalue weighted by molar-refractivity contribution is 5.30. The molecule has 2 nitrogen and oxygen atoms in total. The fourth-order valence-corrected chi connectivity index (χ4v) is 2.96. The molecule has 0 aliphatic rings. The van der Waals surface area contributed by atoms with Gasteiger partial charge >= 0.3 is 0 Å². The van der Waals surface area contributed by atoms with Gasteiger partial charge in [0.05, 0.1) is 0 Å². The van der Waals surface area contributed by atoms with E-state index in [1.807, 2.05) is 6.92 Å². The lowest BCUT2D eigenvalue weighted by molar-refractivity contribution is -0.0766. The van der Waals surface area contributed by atoms with Crippen LogP contribution < -0.4 is 4.74 Å². The van der Waals surface area contributed by atoms with Crippen LogP contribution in [0, 0.1) is 11.3 Å². The van der Waals surface area contributed by atoms with E-state index in [1.165, 1.54) is 18.4 Å². The van der Waals surface area contributed by atoms with Crippen molar-refractivity contribution in [2.45, 2.75) is 79.9 Å². The Kier molecular flexibility index (Phi) is 8.11. The zero-order valence-electron chi connectivity index (χ0n) is 16.2. The topological polar surface area (TPSA) is 18.5 Å². The molecule has 1 rings (SSSR count). The van der Waals surface area contributed by atoms with E-state index in [9.17, 15) is 0 Å². The van der Waals surface area contributed by atoms with Gasteiger partial charge in [0.25, 0.3) is 0 Å². The first-order valence-corrected chi connectivity index (χ1v) is 9.18. The van der Waals surface area contributed by atoms with E-state index < -0.39 is 0 Å². The third-order valence-corrected chi connectivity index (χ3v) is 4.42. The SMILES string of the molecule is CCOC(CC)Oc1ccc(C(CC(C)(C)C)C(C)CC)cc1. The molecule has 0 fully saturated rings. The molecular formula is C21H36O2. The molecule has 0 amide bonds. The Labute approximate surface area is 143 Å². The fourth-order valence-electron chi connectivity index (χ4n) is 2.96. The number of ether oxygens (including phenoxy) is 2. The molecule has 0 saturated heterocycles. The number of hydrogen-bond donors (Lipinski definition) is 0. The van der Waals surface area contributed by atoms with Gasteiger partial charge < -0.3 is 9.47 Å². The van der Waals surface area contributed by atoms with Crippen molar-refractivity contribution in [2.24, 2.45) is 11.3 Å². The van der Waals surface area contributed by atoms with Crippen LogP contribution in [0.15, 0.2) is 24.3 Å². The molecular weight excluding hydrogens is 284 g/mol. The van der Waals surface area contributed by atoms with Gasteiger partial charge in [0, 0.05) is 13.0 Å². The van der Waals surface area contributed by atoms with Crippen molar-refractivity contribution >= 4 is 0 Å². The van der Waals surface area contributed by atoms with Gasteiger partial charge in [-0.05, 0) is 48.3 Å². The molecule has 0 heterocycles. The monoisotopic (exact) mass is 320 g/mol. The smallest absolute Gasteiger partial charge is 0.199 e. The second kappa shape index (κ2) is 9.32. The second-order valence-electron chi connectivity index (χ2n) is 7.74. The molecule has 23 heavy (non-hydrogen) atoms. The van der Waals surface area contributed by atoms with Crippen molar-refractivity contribution in [3.63, 3.8) is 0 Å². The van der Waals surface area contributed by atoms with Crippen molar-refractivity contribution in [1.82, 2.24) is 0 Å². The average Bonchev–Trinajstić information content (AvgIpc) is 2.51. The molecule has 0 aromatic heterocycles. The minimum Gasteiger partial charge on any atom is -0.465 e. The van der Waals surface area contributed by atoms with E-state index in [0.717, 1.165) is 12.2 Å². The van der Waals surface area contributed by atoms with Crippen LogP contribution in [0.5, 0.6) is 5.75 Å². The molecule has 1 aromatic carbocycles. The molecule has 3 atom stereocenters. The second-order valence-corrected chi connectivity index (χ2v) is 7.74. The predicted octanol–water partition coefficient (Wildman–Crippen LogP) is 6.40. The summed E-state index contributed by atoms with van der Waals surface area (Å²) in [5.41, 5.74) is 1.76. The van der Waals surface area contributed by atoms with Crippen LogP contribution in [0.2, 0.25) is 0 Å². The maximum absolute atomic E-state index is 5.90. The summed E-state index contributed by atoms with van der Waals surface area (Å²) in [4.78, 5) is 0. The van der Waals surface area contributed by atoms with Gasteiger partial charge in [0.15, 0.2) is 6.29 Å². The average molecular weight is 321 g/mol. The number of rotatable bonds is 9. The predicted molar refractivity (Wildman–Crippen MR) is 99.0 cm³/mol. The van der Waals surface area contributed by atoms with E-state index in [-0.39, 0.29) is 6.29 Å². The zero-order valence-corrected chi connectivity index (χ0v) is 16.2. The Morgan fingerprint density at radius 1 is 0.957 bits per heavy atom. The molecule has 0 bridgehead atoms. The first-order valence-electron chi connectivity index (χ1n) is 9.18. The Hall–Kier alpha value is -1.02. The zero-order chi connectivity index (χ0) is 17.5. The van der Waals surface area contributed by atoms with E-state index in [4.69, 9.17) is 9.47 Å². The normalized spacial score (nSPS) is 16.0. The van der Waals surface area contributed by atoms with E-state index in [0.29, 0.717) is 23.9 Å². The summed E-state index contributed by atoms with van der Waals surface area (Å²) >= 11 is 0. The summed E-state index contributed by atoms with van der Waals surface area (Å²) in [6, 6.07) is 8.65. The molecule has 2 heteroatoms. The van der Waals surface area contributed by atoms with Crippen molar-refractivity contribution in [1.29, 1.82) is 0 Å². The molecule has 0 N–H and O–H groups in total. The maximum atomic E-state index is 5.90. The minimum absolute atomic E-state index is 0.147. The minimum atomic E-state index is -0.147. The van der Waals surface area contributed by atoms with Crippen LogP contribution in [0.1, 0.15) is 79.2 Å². The van der Waals surface area contributed by atoms with Crippen LogP contribution in [0.4, 0.5) is 0 Å². The summed E-state index contributed by atoms with van der Waals surface area (Å²) in [7, 11) is 0. The fraction of sp³-hybridized carbons (Fsp3) is 0.714. The first-order chi connectivity index (χ1) is 10.8. The molecule has 1 aromatic rings. The Morgan fingerprint density at radius 3 is 2.00 bits per heavy atom. The van der Waals surface area contributed by atoms with Crippen molar-refractivity contribution in [3.05, 3.63) is 29.8 Å². The van der Waals surface area contributed by atoms with Gasteiger partial charge in [-0.1, -0.05) is 60.1 Å². The number of benzene rings is 1. The lowest BCUT2D eigenvalue weighted by atomic mass is 9.75. The molecule has 0 radical (unpaired) electrons. The van der Waals surface area contributed by atoms with Crippen LogP contribution >= 0.6 is 0 Å². The van der Waals surface area contributed by atoms with Crippen molar-refractivity contribution in [3.8, 4) is 5.75 Å². The van der Waals surface area contributed by atoms with Gasteiger partial charge in [0.2, 0.25) is 0 Å². The molecule has 0 spiro atoms. The van der Waals surface area contributed by atoms with Gasteiger partial charge in [-0.25, -0.2) is 0 Å². The van der Waals surface area contributed by atoms with Crippen LogP contribution in [0.25, 0.3) is 0 Å². The summed E-state index contributed by atoms with van der Waals surface area (Å²) in [5, 5.41) is 0. The van der Waals surface area contributed by atoms with E-state index in [2.05, 4.69) is 65.8 Å². The third kappa shape index (κ3) is 6.95. The standard InChI is InChI=1S/C21H36O2/c1-8-16(4)19(15-21(5,6)7)17-11-13-18(14-12-17)23-20(9-2)22-10-3/h11-14,16,19-20H,8-10,15H2,1-7H3. The van der Waals surface area contributed by atoms with Crippen molar-refractivity contribution < 1.29 is 9.47 Å². The molecule has 0 saturated carbocycles. The van der Waals surface area contributed by atoms with Gasteiger partial charge in [-0.15, -0.1) is 0 Å². The molecule has 3 unspecified atom stereocenters.